The average molecular weight is 324 g/mol. The fourth-order valence-electron chi connectivity index (χ4n) is 4.18. The van der Waals surface area contributed by atoms with Crippen molar-refractivity contribution >= 4 is 5.97 Å². The molecule has 6 nitrogen and oxygen atoms in total. The third-order valence-electron chi connectivity index (χ3n) is 5.76. The summed E-state index contributed by atoms with van der Waals surface area (Å²) >= 11 is 0. The summed E-state index contributed by atoms with van der Waals surface area (Å²) in [6.45, 7) is 4.57. The van der Waals surface area contributed by atoms with E-state index >= 15 is 0 Å². The number of hydrogen-bond acceptors (Lipinski definition) is 6. The van der Waals surface area contributed by atoms with E-state index in [0.717, 1.165) is 31.8 Å². The molecule has 128 valence electrons. The van der Waals surface area contributed by atoms with Gasteiger partial charge in [-0.25, -0.2) is 4.79 Å². The molecule has 2 heterocycles. The van der Waals surface area contributed by atoms with Crippen LogP contribution in [0.25, 0.3) is 0 Å². The Labute approximate surface area is 135 Å². The third-order valence-corrected chi connectivity index (χ3v) is 5.76. The lowest BCUT2D eigenvalue weighted by atomic mass is 9.72. The molecule has 2 aliphatic heterocycles. The Kier molecular flexibility index (Phi) is 3.76. The van der Waals surface area contributed by atoms with Gasteiger partial charge in [0.05, 0.1) is 31.5 Å². The zero-order chi connectivity index (χ0) is 16.1. The van der Waals surface area contributed by atoms with Crippen LogP contribution in [-0.2, 0) is 23.7 Å². The van der Waals surface area contributed by atoms with Crippen molar-refractivity contribution in [2.45, 2.75) is 68.7 Å². The summed E-state index contributed by atoms with van der Waals surface area (Å²) in [6.07, 6.45) is 5.34. The van der Waals surface area contributed by atoms with Gasteiger partial charge in [0.15, 0.2) is 5.79 Å². The van der Waals surface area contributed by atoms with Gasteiger partial charge in [-0.2, -0.15) is 0 Å². The standard InChI is InChI=1S/C17H24O6/c1-2-15(19)23-13-7-16(5-3-11(13)18)9-20-17(21-10-16)6-4-12-14(8-17)22-12/h2,11-14,18H,1,3-10H2. The van der Waals surface area contributed by atoms with E-state index in [2.05, 4.69) is 6.58 Å². The first kappa shape index (κ1) is 15.6. The number of aliphatic hydroxyl groups excluding tert-OH is 1. The van der Waals surface area contributed by atoms with E-state index < -0.39 is 24.0 Å². The molecule has 4 fully saturated rings. The largest absolute Gasteiger partial charge is 0.456 e. The van der Waals surface area contributed by atoms with Crippen LogP contribution in [0.15, 0.2) is 12.7 Å². The van der Waals surface area contributed by atoms with Crippen LogP contribution in [0.3, 0.4) is 0 Å². The topological polar surface area (TPSA) is 77.5 Å². The zero-order valence-electron chi connectivity index (χ0n) is 13.2. The fraction of sp³-hybridized carbons (Fsp3) is 0.824. The van der Waals surface area contributed by atoms with Gasteiger partial charge in [0.1, 0.15) is 6.10 Å². The van der Waals surface area contributed by atoms with Gasteiger partial charge in [-0.3, -0.25) is 0 Å². The molecule has 2 saturated heterocycles. The van der Waals surface area contributed by atoms with Crippen LogP contribution in [0.5, 0.6) is 0 Å². The predicted octanol–water partition coefficient (Wildman–Crippen LogP) is 1.31. The number of carbonyl (C=O) groups is 1. The lowest BCUT2D eigenvalue weighted by molar-refractivity contribution is -0.321. The van der Waals surface area contributed by atoms with Crippen molar-refractivity contribution in [2.24, 2.45) is 5.41 Å². The first-order valence-corrected chi connectivity index (χ1v) is 8.48. The molecule has 0 aromatic rings. The number of ether oxygens (including phenoxy) is 4. The Bertz CT molecular complexity index is 495. The van der Waals surface area contributed by atoms with Crippen molar-refractivity contribution in [3.05, 3.63) is 12.7 Å². The van der Waals surface area contributed by atoms with E-state index in [1.165, 1.54) is 0 Å². The number of hydrogen-bond donors (Lipinski definition) is 1. The molecule has 0 amide bonds. The second-order valence-corrected chi connectivity index (χ2v) is 7.43. The summed E-state index contributed by atoms with van der Waals surface area (Å²) in [5.74, 6) is -0.990. The highest BCUT2D eigenvalue weighted by atomic mass is 16.7. The highest BCUT2D eigenvalue weighted by Crippen LogP contribution is 2.49. The maximum atomic E-state index is 11.5. The summed E-state index contributed by atoms with van der Waals surface area (Å²) in [4.78, 5) is 11.5. The molecule has 2 spiro atoms. The van der Waals surface area contributed by atoms with Crippen LogP contribution in [0, 0.1) is 5.41 Å². The Balaban J connectivity index is 1.39. The van der Waals surface area contributed by atoms with Crippen LogP contribution in [-0.4, -0.2) is 54.5 Å². The second kappa shape index (κ2) is 5.55. The number of carbonyl (C=O) groups excluding carboxylic acids is 1. The van der Waals surface area contributed by atoms with E-state index in [4.69, 9.17) is 18.9 Å². The predicted molar refractivity (Wildman–Crippen MR) is 79.5 cm³/mol. The Hall–Kier alpha value is -0.950. The molecule has 4 rings (SSSR count). The van der Waals surface area contributed by atoms with Crippen molar-refractivity contribution in [1.82, 2.24) is 0 Å². The van der Waals surface area contributed by atoms with E-state index in [0.29, 0.717) is 38.3 Å². The molecule has 0 bridgehead atoms. The van der Waals surface area contributed by atoms with Crippen molar-refractivity contribution in [1.29, 1.82) is 0 Å². The fourth-order valence-corrected chi connectivity index (χ4v) is 4.18. The highest BCUT2D eigenvalue weighted by molar-refractivity contribution is 5.81. The Morgan fingerprint density at radius 1 is 1.17 bits per heavy atom. The van der Waals surface area contributed by atoms with E-state index in [-0.39, 0.29) is 5.41 Å². The molecule has 4 aliphatic rings. The number of aliphatic hydroxyl groups is 1. The van der Waals surface area contributed by atoms with E-state index in [1.54, 1.807) is 0 Å². The lowest BCUT2D eigenvalue weighted by Gasteiger charge is -2.50. The third kappa shape index (κ3) is 2.93. The second-order valence-electron chi connectivity index (χ2n) is 7.43. The van der Waals surface area contributed by atoms with Gasteiger partial charge in [-0.15, -0.1) is 0 Å². The number of rotatable bonds is 2. The molecule has 4 atom stereocenters. The zero-order valence-corrected chi connectivity index (χ0v) is 13.2. The van der Waals surface area contributed by atoms with Crippen molar-refractivity contribution in [3.8, 4) is 0 Å². The Morgan fingerprint density at radius 2 is 1.96 bits per heavy atom. The van der Waals surface area contributed by atoms with Crippen LogP contribution in [0.4, 0.5) is 0 Å². The molecule has 2 saturated carbocycles. The summed E-state index contributed by atoms with van der Waals surface area (Å²) in [7, 11) is 0. The minimum atomic E-state index is -0.629. The quantitative estimate of drug-likeness (QED) is 0.469. The molecule has 4 unspecified atom stereocenters. The molecule has 2 aliphatic carbocycles. The first-order chi connectivity index (χ1) is 11.0. The SMILES string of the molecule is C=CC(=O)OC1CC2(CCC1O)COC1(CCC3OC3C1)OC2. The van der Waals surface area contributed by atoms with Gasteiger partial charge in [0, 0.05) is 24.3 Å². The van der Waals surface area contributed by atoms with Crippen molar-refractivity contribution < 1.29 is 28.8 Å². The molecule has 6 heteroatoms. The maximum absolute atomic E-state index is 11.5. The molecular formula is C17H24O6. The van der Waals surface area contributed by atoms with Crippen LogP contribution in [0.1, 0.15) is 38.5 Å². The number of esters is 1. The molecule has 0 radical (unpaired) electrons. The number of epoxide rings is 1. The summed E-state index contributed by atoms with van der Waals surface area (Å²) < 4.78 is 23.2. The molecule has 1 N–H and O–H groups in total. The van der Waals surface area contributed by atoms with Gasteiger partial charge in [-0.1, -0.05) is 6.58 Å². The number of fused-ring (bicyclic) bond motifs is 1. The summed E-state index contributed by atoms with van der Waals surface area (Å²) in [5, 5.41) is 10.1. The minimum Gasteiger partial charge on any atom is -0.456 e. The van der Waals surface area contributed by atoms with Gasteiger partial charge in [0.25, 0.3) is 0 Å². The molecule has 0 aromatic carbocycles. The lowest BCUT2D eigenvalue weighted by Crippen LogP contribution is -2.55. The minimum absolute atomic E-state index is 0.183. The smallest absolute Gasteiger partial charge is 0.330 e. The average Bonchev–Trinajstić information content (AvgIpc) is 3.32. The molecular weight excluding hydrogens is 300 g/mol. The maximum Gasteiger partial charge on any atom is 0.330 e. The van der Waals surface area contributed by atoms with Crippen molar-refractivity contribution in [3.63, 3.8) is 0 Å². The molecule has 23 heavy (non-hydrogen) atoms. The van der Waals surface area contributed by atoms with Crippen LogP contribution >= 0.6 is 0 Å². The highest BCUT2D eigenvalue weighted by Gasteiger charge is 2.56. The van der Waals surface area contributed by atoms with E-state index in [1.807, 2.05) is 0 Å². The Morgan fingerprint density at radius 3 is 2.65 bits per heavy atom. The van der Waals surface area contributed by atoms with Crippen molar-refractivity contribution in [2.75, 3.05) is 13.2 Å². The first-order valence-electron chi connectivity index (χ1n) is 8.48. The van der Waals surface area contributed by atoms with Gasteiger partial charge in [-0.05, 0) is 25.7 Å². The monoisotopic (exact) mass is 324 g/mol. The van der Waals surface area contributed by atoms with Crippen LogP contribution in [0.2, 0.25) is 0 Å². The van der Waals surface area contributed by atoms with Crippen LogP contribution < -0.4 is 0 Å². The molecule has 0 aromatic heterocycles. The summed E-state index contributed by atoms with van der Waals surface area (Å²) in [6, 6.07) is 0. The van der Waals surface area contributed by atoms with E-state index in [9.17, 15) is 9.90 Å². The van der Waals surface area contributed by atoms with Gasteiger partial charge < -0.3 is 24.1 Å². The summed E-state index contributed by atoms with van der Waals surface area (Å²) in [5.41, 5.74) is -0.183. The van der Waals surface area contributed by atoms with Gasteiger partial charge in [0.2, 0.25) is 0 Å². The normalized spacial score (nSPS) is 48.7. The van der Waals surface area contributed by atoms with Gasteiger partial charge >= 0.3 is 5.97 Å².